The molecule has 1 N–H and O–H groups in total. The second-order valence-electron chi connectivity index (χ2n) is 5.63. The van der Waals surface area contributed by atoms with E-state index in [1.54, 1.807) is 18.5 Å². The molecule has 1 aromatic heterocycles. The summed E-state index contributed by atoms with van der Waals surface area (Å²) in [7, 11) is 0. The van der Waals surface area contributed by atoms with E-state index in [0.29, 0.717) is 25.5 Å². The highest BCUT2D eigenvalue weighted by Crippen LogP contribution is 2.16. The minimum Gasteiger partial charge on any atom is -0.489 e. The minimum atomic E-state index is -0.307. The molecule has 1 fully saturated rings. The van der Waals surface area contributed by atoms with Gasteiger partial charge in [-0.25, -0.2) is 14.4 Å². The van der Waals surface area contributed by atoms with E-state index in [9.17, 15) is 4.39 Å². The Labute approximate surface area is 140 Å². The van der Waals surface area contributed by atoms with Crippen LogP contribution in [0.25, 0.3) is 0 Å². The molecule has 0 saturated carbocycles. The maximum Gasteiger partial charge on any atom is 0.134 e. The van der Waals surface area contributed by atoms with Crippen molar-refractivity contribution in [2.45, 2.75) is 13.0 Å². The second kappa shape index (κ2) is 7.92. The summed E-state index contributed by atoms with van der Waals surface area (Å²) >= 11 is 0. The molecule has 0 aliphatic carbocycles. The van der Waals surface area contributed by atoms with Crippen LogP contribution < -0.4 is 15.0 Å². The average Bonchev–Trinajstić information content (AvgIpc) is 2.61. The largest absolute Gasteiger partial charge is 0.489 e. The summed E-state index contributed by atoms with van der Waals surface area (Å²) in [6.45, 7) is 5.56. The van der Waals surface area contributed by atoms with E-state index in [0.717, 1.165) is 24.7 Å². The van der Waals surface area contributed by atoms with Crippen molar-refractivity contribution in [3.63, 3.8) is 0 Å². The number of aromatic nitrogens is 2. The van der Waals surface area contributed by atoms with Gasteiger partial charge in [0.1, 0.15) is 35.6 Å². The maximum absolute atomic E-state index is 13.2. The van der Waals surface area contributed by atoms with Crippen LogP contribution in [-0.2, 0) is 4.74 Å². The Balaban J connectivity index is 1.54. The van der Waals surface area contributed by atoms with Crippen LogP contribution >= 0.6 is 0 Å². The Morgan fingerprint density at radius 1 is 1.29 bits per heavy atom. The number of nitrogens with zero attached hydrogens (tertiary/aromatic N) is 3. The van der Waals surface area contributed by atoms with E-state index in [-0.39, 0.29) is 11.9 Å². The zero-order valence-electron chi connectivity index (χ0n) is 13.6. The third-order valence-corrected chi connectivity index (χ3v) is 3.69. The number of benzene rings is 1. The number of rotatable bonds is 6. The molecule has 128 valence electrons. The van der Waals surface area contributed by atoms with Crippen LogP contribution in [0.4, 0.5) is 16.0 Å². The molecular formula is C17H21FN4O2. The van der Waals surface area contributed by atoms with Crippen molar-refractivity contribution in [2.24, 2.45) is 0 Å². The Hall–Kier alpha value is -2.41. The molecule has 1 saturated heterocycles. The molecule has 1 aliphatic rings. The average molecular weight is 332 g/mol. The highest BCUT2D eigenvalue weighted by atomic mass is 19.1. The number of hydrogen-bond acceptors (Lipinski definition) is 6. The molecule has 1 unspecified atom stereocenters. The van der Waals surface area contributed by atoms with Gasteiger partial charge >= 0.3 is 0 Å². The van der Waals surface area contributed by atoms with Crippen molar-refractivity contribution in [2.75, 3.05) is 43.1 Å². The van der Waals surface area contributed by atoms with Crippen LogP contribution in [0.1, 0.15) is 6.92 Å². The van der Waals surface area contributed by atoms with Crippen LogP contribution in [0, 0.1) is 5.82 Å². The molecule has 2 heterocycles. The second-order valence-corrected chi connectivity index (χ2v) is 5.63. The topological polar surface area (TPSA) is 59.5 Å². The van der Waals surface area contributed by atoms with Gasteiger partial charge in [-0.1, -0.05) is 6.07 Å². The number of hydrogen-bond donors (Lipinski definition) is 1. The Kier molecular flexibility index (Phi) is 5.43. The van der Waals surface area contributed by atoms with Gasteiger partial charge in [-0.15, -0.1) is 0 Å². The Bertz CT molecular complexity index is 665. The van der Waals surface area contributed by atoms with Gasteiger partial charge in [-0.3, -0.25) is 0 Å². The first-order valence-corrected chi connectivity index (χ1v) is 8.01. The predicted molar refractivity (Wildman–Crippen MR) is 90.0 cm³/mol. The van der Waals surface area contributed by atoms with Gasteiger partial charge in [-0.2, -0.15) is 0 Å². The molecule has 0 bridgehead atoms. The standard InChI is InChI=1S/C17H21FN4O2/c1-13(24-15-4-2-3-14(18)9-15)11-19-16-10-17(21-12-20-16)22-5-7-23-8-6-22/h2-4,9-10,12-13H,5-8,11H2,1H3,(H,19,20,21). The third kappa shape index (κ3) is 4.55. The molecule has 1 aliphatic heterocycles. The fraction of sp³-hybridized carbons (Fsp3) is 0.412. The number of morpholine rings is 1. The molecule has 3 rings (SSSR count). The van der Waals surface area contributed by atoms with Crippen molar-refractivity contribution in [3.05, 3.63) is 42.5 Å². The summed E-state index contributed by atoms with van der Waals surface area (Å²) in [5, 5.41) is 3.23. The zero-order chi connectivity index (χ0) is 16.8. The molecule has 0 spiro atoms. The van der Waals surface area contributed by atoms with E-state index in [1.807, 2.05) is 13.0 Å². The lowest BCUT2D eigenvalue weighted by atomic mass is 10.3. The van der Waals surface area contributed by atoms with Gasteiger partial charge in [0.2, 0.25) is 0 Å². The fourth-order valence-electron chi connectivity index (χ4n) is 2.47. The van der Waals surface area contributed by atoms with Crippen molar-refractivity contribution in [1.82, 2.24) is 9.97 Å². The molecular weight excluding hydrogens is 311 g/mol. The molecule has 1 aromatic carbocycles. The summed E-state index contributed by atoms with van der Waals surface area (Å²) in [5.74, 6) is 1.83. The number of halogens is 1. The molecule has 1 atom stereocenters. The first-order chi connectivity index (χ1) is 11.7. The van der Waals surface area contributed by atoms with Crippen LogP contribution in [0.2, 0.25) is 0 Å². The van der Waals surface area contributed by atoms with Crippen LogP contribution in [-0.4, -0.2) is 48.9 Å². The van der Waals surface area contributed by atoms with E-state index >= 15 is 0 Å². The molecule has 6 nitrogen and oxygen atoms in total. The highest BCUT2D eigenvalue weighted by molar-refractivity contribution is 5.48. The lowest BCUT2D eigenvalue weighted by Crippen LogP contribution is -2.36. The van der Waals surface area contributed by atoms with Crippen LogP contribution in [0.5, 0.6) is 5.75 Å². The zero-order valence-corrected chi connectivity index (χ0v) is 13.6. The Morgan fingerprint density at radius 3 is 2.92 bits per heavy atom. The molecule has 2 aromatic rings. The monoisotopic (exact) mass is 332 g/mol. The minimum absolute atomic E-state index is 0.131. The number of ether oxygens (including phenoxy) is 2. The van der Waals surface area contributed by atoms with Gasteiger partial charge in [0, 0.05) is 25.2 Å². The fourth-order valence-corrected chi connectivity index (χ4v) is 2.47. The summed E-state index contributed by atoms with van der Waals surface area (Å²) in [4.78, 5) is 10.7. The van der Waals surface area contributed by atoms with Gasteiger partial charge in [0.25, 0.3) is 0 Å². The Morgan fingerprint density at radius 2 is 2.12 bits per heavy atom. The molecule has 7 heteroatoms. The van der Waals surface area contributed by atoms with Crippen LogP contribution in [0.15, 0.2) is 36.7 Å². The van der Waals surface area contributed by atoms with E-state index in [2.05, 4.69) is 20.2 Å². The summed E-state index contributed by atoms with van der Waals surface area (Å²) < 4.78 is 24.2. The van der Waals surface area contributed by atoms with Gasteiger partial charge in [-0.05, 0) is 19.1 Å². The quantitative estimate of drug-likeness (QED) is 0.876. The van der Waals surface area contributed by atoms with Gasteiger partial charge in [0.05, 0.1) is 19.8 Å². The molecule has 0 amide bonds. The third-order valence-electron chi connectivity index (χ3n) is 3.69. The maximum atomic E-state index is 13.2. The van der Waals surface area contributed by atoms with Crippen molar-refractivity contribution in [3.8, 4) is 5.75 Å². The predicted octanol–water partition coefficient (Wildman–Crippen LogP) is 2.33. The highest BCUT2D eigenvalue weighted by Gasteiger charge is 2.13. The van der Waals surface area contributed by atoms with Gasteiger partial charge in [0.15, 0.2) is 0 Å². The molecule has 0 radical (unpaired) electrons. The lowest BCUT2D eigenvalue weighted by Gasteiger charge is -2.27. The summed E-state index contributed by atoms with van der Waals surface area (Å²) in [5.41, 5.74) is 0. The SMILES string of the molecule is CC(CNc1cc(N2CCOCC2)ncn1)Oc1cccc(F)c1. The van der Waals surface area contributed by atoms with E-state index < -0.39 is 0 Å². The van der Waals surface area contributed by atoms with Crippen molar-refractivity contribution < 1.29 is 13.9 Å². The van der Waals surface area contributed by atoms with Crippen LogP contribution in [0.3, 0.4) is 0 Å². The summed E-state index contributed by atoms with van der Waals surface area (Å²) in [6.07, 6.45) is 1.42. The smallest absolute Gasteiger partial charge is 0.134 e. The lowest BCUT2D eigenvalue weighted by molar-refractivity contribution is 0.122. The summed E-state index contributed by atoms with van der Waals surface area (Å²) in [6, 6.07) is 8.05. The van der Waals surface area contributed by atoms with Crippen molar-refractivity contribution in [1.29, 1.82) is 0 Å². The van der Waals surface area contributed by atoms with Crippen molar-refractivity contribution >= 4 is 11.6 Å². The first kappa shape index (κ1) is 16.4. The first-order valence-electron chi connectivity index (χ1n) is 8.01. The van der Waals surface area contributed by atoms with E-state index in [4.69, 9.17) is 9.47 Å². The number of anilines is 2. The molecule has 24 heavy (non-hydrogen) atoms. The van der Waals surface area contributed by atoms with Gasteiger partial charge < -0.3 is 19.7 Å². The normalized spacial score (nSPS) is 15.8. The number of nitrogens with one attached hydrogen (secondary N) is 1. The van der Waals surface area contributed by atoms with E-state index in [1.165, 1.54) is 12.1 Å².